The summed E-state index contributed by atoms with van der Waals surface area (Å²) in [5, 5.41) is 15.5. The van der Waals surface area contributed by atoms with Gasteiger partial charge in [0.2, 0.25) is 0 Å². The normalized spacial score (nSPS) is 9.75. The number of hydrogen-bond acceptors (Lipinski definition) is 4. The zero-order valence-corrected chi connectivity index (χ0v) is 8.69. The number of hydrogen-bond donors (Lipinski definition) is 2. The molecule has 2 aromatic rings. The highest BCUT2D eigenvalue weighted by atomic mass is 16.5. The Kier molecular flexibility index (Phi) is 2.48. The molecule has 0 spiro atoms. The van der Waals surface area contributed by atoms with E-state index in [2.05, 4.69) is 10.2 Å². The lowest BCUT2D eigenvalue weighted by Crippen LogP contribution is -1.88. The molecule has 80 valence electrons. The molecule has 0 aliphatic heterocycles. The van der Waals surface area contributed by atoms with E-state index in [4.69, 9.17) is 15.7 Å². The number of nitrogens with two attached hydrogens (primary N) is 1. The van der Waals surface area contributed by atoms with Crippen molar-refractivity contribution in [2.75, 3.05) is 12.8 Å². The van der Waals surface area contributed by atoms with Crippen LogP contribution in [0, 0.1) is 11.3 Å². The fourth-order valence-electron chi connectivity index (χ4n) is 1.45. The fraction of sp³-hybridized carbons (Fsp3) is 0.0909. The lowest BCUT2D eigenvalue weighted by Gasteiger charge is -2.01. The Hall–Kier alpha value is -2.48. The van der Waals surface area contributed by atoms with Crippen LogP contribution >= 0.6 is 0 Å². The molecule has 2 rings (SSSR count). The molecular weight excluding hydrogens is 204 g/mol. The van der Waals surface area contributed by atoms with Crippen LogP contribution in [0.3, 0.4) is 0 Å². The average Bonchev–Trinajstić information content (AvgIpc) is 2.70. The molecule has 0 bridgehead atoms. The van der Waals surface area contributed by atoms with E-state index < -0.39 is 0 Å². The quantitative estimate of drug-likeness (QED) is 0.793. The van der Waals surface area contributed by atoms with Crippen LogP contribution in [0.1, 0.15) is 5.56 Å². The Balaban J connectivity index is 2.55. The molecule has 0 fully saturated rings. The smallest absolute Gasteiger partial charge is 0.137 e. The molecule has 5 heteroatoms. The van der Waals surface area contributed by atoms with E-state index in [9.17, 15) is 0 Å². The van der Waals surface area contributed by atoms with Crippen molar-refractivity contribution in [3.8, 4) is 23.1 Å². The van der Waals surface area contributed by atoms with E-state index in [0.717, 1.165) is 5.56 Å². The Labute approximate surface area is 92.5 Å². The third-order valence-electron chi connectivity index (χ3n) is 2.25. The van der Waals surface area contributed by atoms with Crippen molar-refractivity contribution in [1.82, 2.24) is 10.2 Å². The van der Waals surface area contributed by atoms with E-state index in [1.807, 2.05) is 24.3 Å². The minimum Gasteiger partial charge on any atom is -0.497 e. The molecule has 3 N–H and O–H groups in total. The van der Waals surface area contributed by atoms with Gasteiger partial charge in [0.25, 0.3) is 0 Å². The van der Waals surface area contributed by atoms with E-state index in [0.29, 0.717) is 17.0 Å². The second-order valence-electron chi connectivity index (χ2n) is 3.20. The van der Waals surface area contributed by atoms with Crippen LogP contribution < -0.4 is 10.5 Å². The van der Waals surface area contributed by atoms with Gasteiger partial charge in [-0.15, -0.1) is 0 Å². The third-order valence-corrected chi connectivity index (χ3v) is 2.25. The molecule has 1 aromatic carbocycles. The molecule has 0 unspecified atom stereocenters. The minimum atomic E-state index is 0.278. The van der Waals surface area contributed by atoms with Gasteiger partial charge in [0.1, 0.15) is 28.9 Å². The van der Waals surface area contributed by atoms with Gasteiger partial charge in [0.05, 0.1) is 7.11 Å². The van der Waals surface area contributed by atoms with Gasteiger partial charge in [-0.05, 0) is 12.1 Å². The molecule has 1 aromatic heterocycles. The fourth-order valence-corrected chi connectivity index (χ4v) is 1.45. The van der Waals surface area contributed by atoms with Gasteiger partial charge in [-0.1, -0.05) is 12.1 Å². The van der Waals surface area contributed by atoms with Crippen molar-refractivity contribution in [2.45, 2.75) is 0 Å². The zero-order chi connectivity index (χ0) is 11.5. The maximum atomic E-state index is 8.95. The first kappa shape index (κ1) is 10.1. The Morgan fingerprint density at radius 1 is 1.50 bits per heavy atom. The number of benzene rings is 1. The first-order valence-electron chi connectivity index (χ1n) is 4.64. The lowest BCUT2D eigenvalue weighted by molar-refractivity contribution is 0.415. The summed E-state index contributed by atoms with van der Waals surface area (Å²) in [6.07, 6.45) is 0. The number of nitrogen functional groups attached to an aromatic ring is 1. The summed E-state index contributed by atoms with van der Waals surface area (Å²) < 4.78 is 5.10. The summed E-state index contributed by atoms with van der Waals surface area (Å²) in [4.78, 5) is 0. The van der Waals surface area contributed by atoms with E-state index in [1.165, 1.54) is 0 Å². The number of nitrogens with zero attached hydrogens (tertiary/aromatic N) is 2. The molecule has 5 nitrogen and oxygen atoms in total. The van der Waals surface area contributed by atoms with E-state index in [1.54, 1.807) is 13.2 Å². The average molecular weight is 214 g/mol. The zero-order valence-electron chi connectivity index (χ0n) is 8.69. The Morgan fingerprint density at radius 3 is 3.00 bits per heavy atom. The third kappa shape index (κ3) is 1.57. The van der Waals surface area contributed by atoms with Crippen molar-refractivity contribution in [3.05, 3.63) is 29.8 Å². The Bertz CT molecular complexity index is 553. The molecule has 0 atom stereocenters. The number of aromatic amines is 1. The molecule has 1 heterocycles. The highest BCUT2D eigenvalue weighted by Crippen LogP contribution is 2.27. The molecule has 0 amide bonds. The number of rotatable bonds is 2. The summed E-state index contributed by atoms with van der Waals surface area (Å²) in [7, 11) is 1.59. The van der Waals surface area contributed by atoms with Crippen molar-refractivity contribution >= 4 is 5.82 Å². The molecule has 0 saturated heterocycles. The van der Waals surface area contributed by atoms with Gasteiger partial charge in [-0.3, -0.25) is 5.10 Å². The highest BCUT2D eigenvalue weighted by molar-refractivity contribution is 5.72. The minimum absolute atomic E-state index is 0.278. The summed E-state index contributed by atoms with van der Waals surface area (Å²) in [5.74, 6) is 0.989. The number of nitriles is 1. The lowest BCUT2D eigenvalue weighted by atomic mass is 10.1. The summed E-state index contributed by atoms with van der Waals surface area (Å²) >= 11 is 0. The number of nitrogens with one attached hydrogen (secondary N) is 1. The Morgan fingerprint density at radius 2 is 2.31 bits per heavy atom. The van der Waals surface area contributed by atoms with Gasteiger partial charge in [0.15, 0.2) is 0 Å². The number of H-pyrrole nitrogens is 1. The topological polar surface area (TPSA) is 87.7 Å². The second kappa shape index (κ2) is 3.95. The van der Waals surface area contributed by atoms with Gasteiger partial charge < -0.3 is 10.5 Å². The van der Waals surface area contributed by atoms with Crippen molar-refractivity contribution in [3.63, 3.8) is 0 Å². The first-order valence-corrected chi connectivity index (χ1v) is 4.64. The van der Waals surface area contributed by atoms with Crippen LogP contribution in [0.5, 0.6) is 5.75 Å². The molecule has 0 aliphatic carbocycles. The summed E-state index contributed by atoms with van der Waals surface area (Å²) in [6, 6.07) is 9.33. The second-order valence-corrected chi connectivity index (χ2v) is 3.20. The van der Waals surface area contributed by atoms with Crippen molar-refractivity contribution in [1.29, 1.82) is 5.26 Å². The first-order chi connectivity index (χ1) is 7.76. The molecule has 16 heavy (non-hydrogen) atoms. The number of aromatic nitrogens is 2. The molecule has 0 aliphatic rings. The summed E-state index contributed by atoms with van der Waals surface area (Å²) in [5.41, 5.74) is 7.28. The maximum absolute atomic E-state index is 8.95. The number of ether oxygens (including phenoxy) is 1. The monoisotopic (exact) mass is 214 g/mol. The van der Waals surface area contributed by atoms with Crippen LogP contribution in [0.25, 0.3) is 11.3 Å². The van der Waals surface area contributed by atoms with Gasteiger partial charge in [-0.2, -0.15) is 10.4 Å². The standard InChI is InChI=1S/C11H10N4O/c1-16-8-4-2-3-7(5-8)10-9(6-12)11(13)15-14-10/h2-5H,1H3,(H3,13,14,15). The number of methoxy groups -OCH3 is 1. The maximum Gasteiger partial charge on any atom is 0.137 e. The molecule has 0 radical (unpaired) electrons. The predicted octanol–water partition coefficient (Wildman–Crippen LogP) is 1.54. The van der Waals surface area contributed by atoms with Crippen LogP contribution in [0.15, 0.2) is 24.3 Å². The van der Waals surface area contributed by atoms with Gasteiger partial charge in [0, 0.05) is 5.56 Å². The van der Waals surface area contributed by atoms with Crippen molar-refractivity contribution < 1.29 is 4.74 Å². The van der Waals surface area contributed by atoms with Gasteiger partial charge in [-0.25, -0.2) is 0 Å². The van der Waals surface area contributed by atoms with Gasteiger partial charge >= 0.3 is 0 Å². The summed E-state index contributed by atoms with van der Waals surface area (Å²) in [6.45, 7) is 0. The van der Waals surface area contributed by atoms with Crippen LogP contribution in [0.2, 0.25) is 0 Å². The van der Waals surface area contributed by atoms with Crippen LogP contribution in [-0.2, 0) is 0 Å². The predicted molar refractivity (Wildman–Crippen MR) is 59.7 cm³/mol. The van der Waals surface area contributed by atoms with E-state index >= 15 is 0 Å². The van der Waals surface area contributed by atoms with E-state index in [-0.39, 0.29) is 5.82 Å². The molecule has 0 saturated carbocycles. The van der Waals surface area contributed by atoms with Crippen LogP contribution in [0.4, 0.5) is 5.82 Å². The van der Waals surface area contributed by atoms with Crippen LogP contribution in [-0.4, -0.2) is 17.3 Å². The van der Waals surface area contributed by atoms with Crippen molar-refractivity contribution in [2.24, 2.45) is 0 Å². The number of anilines is 1. The highest BCUT2D eigenvalue weighted by Gasteiger charge is 2.12. The SMILES string of the molecule is COc1cccc(-c2n[nH]c(N)c2C#N)c1. The largest absolute Gasteiger partial charge is 0.497 e. The molecular formula is C11H10N4O.